The van der Waals surface area contributed by atoms with E-state index in [0.29, 0.717) is 6.42 Å². The Morgan fingerprint density at radius 1 is 0.923 bits per heavy atom. The first kappa shape index (κ1) is 18.3. The van der Waals surface area contributed by atoms with Crippen LogP contribution in [-0.4, -0.2) is 12.9 Å². The Morgan fingerprint density at radius 3 is 2.23 bits per heavy atom. The number of carbonyl (C=O) groups is 1. The molecule has 0 aliphatic rings. The first-order valence-electron chi connectivity index (χ1n) is 8.62. The van der Waals surface area contributed by atoms with Crippen molar-refractivity contribution in [1.29, 1.82) is 0 Å². The van der Waals surface area contributed by atoms with Crippen molar-refractivity contribution in [3.8, 4) is 5.75 Å². The number of hydrogen-bond acceptors (Lipinski definition) is 3. The average Bonchev–Trinajstić information content (AvgIpc) is 2.70. The van der Waals surface area contributed by atoms with Gasteiger partial charge in [0.1, 0.15) is 5.75 Å². The summed E-state index contributed by atoms with van der Waals surface area (Å²) in [5, 5.41) is 0.0507. The van der Waals surface area contributed by atoms with Gasteiger partial charge < -0.3 is 4.74 Å². The second-order valence-electron chi connectivity index (χ2n) is 6.14. The molecule has 0 aliphatic heterocycles. The molecule has 0 fully saturated rings. The molecule has 0 unspecified atom stereocenters. The standard InChI is InChI=1S/C23H22O2S/c1-17-8-6-7-11-22(17)26-23(19-12-14-20(25-2)15-13-19)16-21(24)18-9-4-3-5-10-18/h3-15,23H,16H2,1-2H3/t23-/m1/s1. The van der Waals surface area contributed by atoms with Crippen LogP contribution in [0.5, 0.6) is 5.75 Å². The molecule has 0 amide bonds. The van der Waals surface area contributed by atoms with Crippen LogP contribution in [0.15, 0.2) is 83.8 Å². The molecule has 0 spiro atoms. The van der Waals surface area contributed by atoms with Gasteiger partial charge in [0.15, 0.2) is 5.78 Å². The molecule has 0 saturated carbocycles. The van der Waals surface area contributed by atoms with Crippen molar-refractivity contribution in [2.75, 3.05) is 7.11 Å². The number of hydrogen-bond donors (Lipinski definition) is 0. The van der Waals surface area contributed by atoms with E-state index in [1.54, 1.807) is 18.9 Å². The zero-order valence-electron chi connectivity index (χ0n) is 15.0. The third-order valence-corrected chi connectivity index (χ3v) is 5.75. The molecule has 2 nitrogen and oxygen atoms in total. The fourth-order valence-corrected chi connectivity index (χ4v) is 4.04. The Hall–Kier alpha value is -2.52. The summed E-state index contributed by atoms with van der Waals surface area (Å²) in [5.41, 5.74) is 3.11. The van der Waals surface area contributed by atoms with Crippen LogP contribution in [0.1, 0.15) is 33.2 Å². The van der Waals surface area contributed by atoms with Gasteiger partial charge in [0, 0.05) is 22.1 Å². The molecule has 26 heavy (non-hydrogen) atoms. The van der Waals surface area contributed by atoms with Gasteiger partial charge in [-0.25, -0.2) is 0 Å². The molecule has 0 heterocycles. The van der Waals surface area contributed by atoms with Crippen LogP contribution in [0.4, 0.5) is 0 Å². The van der Waals surface area contributed by atoms with Crippen molar-refractivity contribution in [3.05, 3.63) is 95.6 Å². The predicted octanol–water partition coefficient (Wildman–Crippen LogP) is 6.11. The van der Waals surface area contributed by atoms with E-state index in [0.717, 1.165) is 16.9 Å². The number of ether oxygens (including phenoxy) is 1. The lowest BCUT2D eigenvalue weighted by Crippen LogP contribution is -2.05. The summed E-state index contributed by atoms with van der Waals surface area (Å²) < 4.78 is 5.26. The second-order valence-corrected chi connectivity index (χ2v) is 7.38. The predicted molar refractivity (Wildman–Crippen MR) is 108 cm³/mol. The van der Waals surface area contributed by atoms with Gasteiger partial charge in [0.2, 0.25) is 0 Å². The van der Waals surface area contributed by atoms with Crippen LogP contribution in [0.25, 0.3) is 0 Å². The van der Waals surface area contributed by atoms with Crippen LogP contribution in [0.3, 0.4) is 0 Å². The van der Waals surface area contributed by atoms with Gasteiger partial charge in [0.05, 0.1) is 7.11 Å². The van der Waals surface area contributed by atoms with Crippen molar-refractivity contribution in [2.45, 2.75) is 23.5 Å². The lowest BCUT2D eigenvalue weighted by molar-refractivity contribution is 0.0982. The third kappa shape index (κ3) is 4.55. The van der Waals surface area contributed by atoms with E-state index in [-0.39, 0.29) is 11.0 Å². The molecule has 0 radical (unpaired) electrons. The van der Waals surface area contributed by atoms with E-state index in [2.05, 4.69) is 19.1 Å². The maximum Gasteiger partial charge on any atom is 0.164 e. The van der Waals surface area contributed by atoms with E-state index in [1.165, 1.54) is 10.5 Å². The molecule has 0 aromatic heterocycles. The van der Waals surface area contributed by atoms with E-state index >= 15 is 0 Å². The topological polar surface area (TPSA) is 26.3 Å². The summed E-state index contributed by atoms with van der Waals surface area (Å²) >= 11 is 1.74. The number of carbonyl (C=O) groups excluding carboxylic acids is 1. The highest BCUT2D eigenvalue weighted by atomic mass is 32.2. The maximum absolute atomic E-state index is 12.8. The van der Waals surface area contributed by atoms with Crippen LogP contribution in [0.2, 0.25) is 0 Å². The number of thioether (sulfide) groups is 1. The van der Waals surface area contributed by atoms with Gasteiger partial charge in [-0.3, -0.25) is 4.79 Å². The van der Waals surface area contributed by atoms with Crippen LogP contribution >= 0.6 is 11.8 Å². The first-order valence-corrected chi connectivity index (χ1v) is 9.50. The Morgan fingerprint density at radius 2 is 1.58 bits per heavy atom. The summed E-state index contributed by atoms with van der Waals surface area (Å²) in [6.07, 6.45) is 0.454. The first-order chi connectivity index (χ1) is 12.7. The zero-order valence-corrected chi connectivity index (χ0v) is 15.8. The fourth-order valence-electron chi connectivity index (χ4n) is 2.80. The monoisotopic (exact) mass is 362 g/mol. The normalized spacial score (nSPS) is 11.8. The maximum atomic E-state index is 12.8. The van der Waals surface area contributed by atoms with E-state index in [4.69, 9.17) is 4.74 Å². The average molecular weight is 362 g/mol. The van der Waals surface area contributed by atoms with Gasteiger partial charge in [-0.15, -0.1) is 11.8 Å². The van der Waals surface area contributed by atoms with Crippen molar-refractivity contribution in [2.24, 2.45) is 0 Å². The molecule has 3 rings (SSSR count). The largest absolute Gasteiger partial charge is 0.497 e. The highest BCUT2D eigenvalue weighted by Gasteiger charge is 2.19. The molecule has 1 atom stereocenters. The lowest BCUT2D eigenvalue weighted by atomic mass is 10.0. The number of Topliss-reactive ketones (excluding diaryl/α,β-unsaturated/α-hetero) is 1. The molecule has 3 aromatic carbocycles. The Kier molecular flexibility index (Phi) is 6.13. The van der Waals surface area contributed by atoms with Crippen LogP contribution in [0, 0.1) is 6.92 Å². The fraction of sp³-hybridized carbons (Fsp3) is 0.174. The van der Waals surface area contributed by atoms with E-state index < -0.39 is 0 Å². The van der Waals surface area contributed by atoms with Crippen molar-refractivity contribution < 1.29 is 9.53 Å². The minimum absolute atomic E-state index is 0.0507. The molecule has 0 aliphatic carbocycles. The van der Waals surface area contributed by atoms with Gasteiger partial charge in [-0.2, -0.15) is 0 Å². The number of methoxy groups -OCH3 is 1. The lowest BCUT2D eigenvalue weighted by Gasteiger charge is -2.18. The quantitative estimate of drug-likeness (QED) is 0.375. The van der Waals surface area contributed by atoms with Gasteiger partial charge in [-0.1, -0.05) is 60.7 Å². The molecule has 0 N–H and O–H groups in total. The zero-order chi connectivity index (χ0) is 18.4. The van der Waals surface area contributed by atoms with E-state index in [9.17, 15) is 4.79 Å². The second kappa shape index (κ2) is 8.72. The van der Waals surface area contributed by atoms with Crippen molar-refractivity contribution in [1.82, 2.24) is 0 Å². The molecule has 3 aromatic rings. The van der Waals surface area contributed by atoms with Crippen LogP contribution < -0.4 is 4.74 Å². The van der Waals surface area contributed by atoms with Crippen molar-refractivity contribution in [3.63, 3.8) is 0 Å². The Labute approximate surface area is 159 Å². The number of rotatable bonds is 7. The summed E-state index contributed by atoms with van der Waals surface area (Å²) in [4.78, 5) is 14.0. The highest BCUT2D eigenvalue weighted by Crippen LogP contribution is 2.40. The summed E-state index contributed by atoms with van der Waals surface area (Å²) in [7, 11) is 1.66. The molecule has 132 valence electrons. The highest BCUT2D eigenvalue weighted by molar-refractivity contribution is 7.99. The van der Waals surface area contributed by atoms with Crippen LogP contribution in [-0.2, 0) is 0 Å². The minimum atomic E-state index is 0.0507. The number of benzene rings is 3. The molecule has 3 heteroatoms. The number of ketones is 1. The van der Waals surface area contributed by atoms with Gasteiger partial charge in [-0.05, 0) is 36.2 Å². The molecular formula is C23H22O2S. The molecule has 0 saturated heterocycles. The Bertz CT molecular complexity index is 857. The van der Waals surface area contributed by atoms with Crippen molar-refractivity contribution >= 4 is 17.5 Å². The Balaban J connectivity index is 1.87. The molecular weight excluding hydrogens is 340 g/mol. The number of aryl methyl sites for hydroxylation is 1. The SMILES string of the molecule is COc1ccc([C@@H](CC(=O)c2ccccc2)Sc2ccccc2C)cc1. The van der Waals surface area contributed by atoms with Gasteiger partial charge >= 0.3 is 0 Å². The summed E-state index contributed by atoms with van der Waals surface area (Å²) in [5.74, 6) is 0.982. The minimum Gasteiger partial charge on any atom is -0.497 e. The smallest absolute Gasteiger partial charge is 0.164 e. The summed E-state index contributed by atoms with van der Waals surface area (Å²) in [6.45, 7) is 2.10. The summed E-state index contributed by atoms with van der Waals surface area (Å²) in [6, 6.07) is 25.8. The third-order valence-electron chi connectivity index (χ3n) is 4.32. The molecule has 0 bridgehead atoms. The van der Waals surface area contributed by atoms with E-state index in [1.807, 2.05) is 66.7 Å². The van der Waals surface area contributed by atoms with Gasteiger partial charge in [0.25, 0.3) is 0 Å².